The molecule has 1 unspecified atom stereocenters. The first kappa shape index (κ1) is 17.3. The van der Waals surface area contributed by atoms with Gasteiger partial charge in [0.2, 0.25) is 11.0 Å². The molecule has 0 saturated carbocycles. The van der Waals surface area contributed by atoms with Crippen LogP contribution in [0.15, 0.2) is 34.7 Å². The average Bonchev–Trinajstić information content (AvgIpc) is 2.99. The van der Waals surface area contributed by atoms with Gasteiger partial charge in [-0.25, -0.2) is 0 Å². The van der Waals surface area contributed by atoms with E-state index in [1.54, 1.807) is 23.5 Å². The number of amides is 1. The predicted molar refractivity (Wildman–Crippen MR) is 96.8 cm³/mol. The van der Waals surface area contributed by atoms with E-state index < -0.39 is 0 Å². The fourth-order valence-electron chi connectivity index (χ4n) is 1.59. The van der Waals surface area contributed by atoms with Crippen molar-refractivity contribution in [2.24, 2.45) is 0 Å². The van der Waals surface area contributed by atoms with Crippen molar-refractivity contribution in [2.75, 3.05) is 11.1 Å². The van der Waals surface area contributed by atoms with Gasteiger partial charge in [0.05, 0.1) is 5.25 Å². The van der Waals surface area contributed by atoms with Crippen LogP contribution in [-0.4, -0.2) is 27.1 Å². The second kappa shape index (κ2) is 9.17. The van der Waals surface area contributed by atoms with Gasteiger partial charge in [0.1, 0.15) is 0 Å². The molecule has 7 heteroatoms. The van der Waals surface area contributed by atoms with E-state index in [0.29, 0.717) is 5.13 Å². The van der Waals surface area contributed by atoms with E-state index in [1.165, 1.54) is 16.9 Å². The highest BCUT2D eigenvalue weighted by atomic mass is 32.2. The van der Waals surface area contributed by atoms with Crippen LogP contribution in [0, 0.1) is 0 Å². The molecule has 0 aliphatic heterocycles. The maximum absolute atomic E-state index is 12.2. The quantitative estimate of drug-likeness (QED) is 0.566. The van der Waals surface area contributed by atoms with Crippen molar-refractivity contribution >= 4 is 45.9 Å². The van der Waals surface area contributed by atoms with E-state index in [1.807, 2.05) is 25.1 Å². The first-order valence-electron chi connectivity index (χ1n) is 7.11. The average molecular weight is 354 g/mol. The van der Waals surface area contributed by atoms with Crippen LogP contribution in [0.3, 0.4) is 0 Å². The molecule has 0 saturated heterocycles. The van der Waals surface area contributed by atoms with E-state index in [0.717, 1.165) is 22.3 Å². The fourth-order valence-corrected chi connectivity index (χ4v) is 4.11. The lowest BCUT2D eigenvalue weighted by atomic mass is 10.2. The Morgan fingerprint density at radius 2 is 2.09 bits per heavy atom. The number of nitrogens with one attached hydrogen (secondary N) is 1. The van der Waals surface area contributed by atoms with Crippen molar-refractivity contribution in [3.05, 3.63) is 35.9 Å². The van der Waals surface area contributed by atoms with E-state index in [9.17, 15) is 4.79 Å². The number of carbonyl (C=O) groups is 1. The molecule has 0 aliphatic carbocycles. The Balaban J connectivity index is 1.79. The minimum Gasteiger partial charge on any atom is -0.300 e. The summed E-state index contributed by atoms with van der Waals surface area (Å²) >= 11 is 4.72. The number of anilines is 1. The van der Waals surface area contributed by atoms with Crippen LogP contribution < -0.4 is 5.32 Å². The first-order valence-corrected chi connectivity index (χ1v) is 9.96. The largest absolute Gasteiger partial charge is 0.300 e. The third-order valence-corrected chi connectivity index (χ3v) is 6.17. The molecule has 1 aromatic heterocycles. The van der Waals surface area contributed by atoms with Gasteiger partial charge in [0, 0.05) is 11.5 Å². The smallest absolute Gasteiger partial charge is 0.239 e. The van der Waals surface area contributed by atoms with Crippen molar-refractivity contribution in [1.82, 2.24) is 10.2 Å². The van der Waals surface area contributed by atoms with Gasteiger partial charge >= 0.3 is 0 Å². The van der Waals surface area contributed by atoms with E-state index in [4.69, 9.17) is 0 Å². The normalized spacial score (nSPS) is 12.1. The molecular formula is C15H19N3OS3. The summed E-state index contributed by atoms with van der Waals surface area (Å²) in [5.74, 6) is 1.82. The summed E-state index contributed by atoms with van der Waals surface area (Å²) in [6.45, 7) is 4.04. The molecule has 0 bridgehead atoms. The van der Waals surface area contributed by atoms with Crippen molar-refractivity contribution in [3.63, 3.8) is 0 Å². The Labute approximate surface area is 143 Å². The molecule has 1 atom stereocenters. The van der Waals surface area contributed by atoms with Crippen molar-refractivity contribution in [2.45, 2.75) is 35.6 Å². The summed E-state index contributed by atoms with van der Waals surface area (Å²) in [6, 6.07) is 10.2. The molecular weight excluding hydrogens is 334 g/mol. The van der Waals surface area contributed by atoms with Crippen molar-refractivity contribution < 1.29 is 4.79 Å². The molecule has 0 radical (unpaired) electrons. The summed E-state index contributed by atoms with van der Waals surface area (Å²) in [5.41, 5.74) is 1.22. The van der Waals surface area contributed by atoms with E-state index >= 15 is 0 Å². The van der Waals surface area contributed by atoms with Crippen LogP contribution in [0.5, 0.6) is 0 Å². The highest BCUT2D eigenvalue weighted by Crippen LogP contribution is 2.26. The van der Waals surface area contributed by atoms with Gasteiger partial charge in [-0.05, 0) is 18.9 Å². The Bertz CT molecular complexity index is 589. The number of benzene rings is 1. The SMILES string of the molecule is CCCSc1nnc(NC(=O)C(C)SCc2ccccc2)s1. The summed E-state index contributed by atoms with van der Waals surface area (Å²) < 4.78 is 0.904. The van der Waals surface area contributed by atoms with Gasteiger partial charge in [0.15, 0.2) is 4.34 Å². The Morgan fingerprint density at radius 3 is 2.82 bits per heavy atom. The zero-order valence-electron chi connectivity index (χ0n) is 12.6. The van der Waals surface area contributed by atoms with Gasteiger partial charge in [-0.2, -0.15) is 0 Å². The summed E-state index contributed by atoms with van der Waals surface area (Å²) in [6.07, 6.45) is 1.10. The standard InChI is InChI=1S/C15H19N3OS3/c1-3-9-20-15-18-17-14(22-15)16-13(19)11(2)21-10-12-7-5-4-6-8-12/h4-8,11H,3,9-10H2,1-2H3,(H,16,17,19). The third-order valence-electron chi connectivity index (χ3n) is 2.78. The van der Waals surface area contributed by atoms with Crippen LogP contribution in [0.2, 0.25) is 0 Å². The number of carbonyl (C=O) groups excluding carboxylic acids is 1. The van der Waals surface area contributed by atoms with Crippen molar-refractivity contribution in [3.8, 4) is 0 Å². The number of aromatic nitrogens is 2. The predicted octanol–water partition coefficient (Wildman–Crippen LogP) is 4.30. The second-order valence-corrected chi connectivity index (χ2v) is 8.30. The maximum Gasteiger partial charge on any atom is 0.239 e. The number of nitrogens with zero attached hydrogens (tertiary/aromatic N) is 2. The Hall–Kier alpha value is -1.05. The van der Waals surface area contributed by atoms with Crippen LogP contribution in [0.4, 0.5) is 5.13 Å². The lowest BCUT2D eigenvalue weighted by molar-refractivity contribution is -0.115. The van der Waals surface area contributed by atoms with Gasteiger partial charge < -0.3 is 0 Å². The van der Waals surface area contributed by atoms with Gasteiger partial charge in [-0.1, -0.05) is 60.4 Å². The van der Waals surface area contributed by atoms with Crippen LogP contribution in [-0.2, 0) is 10.5 Å². The molecule has 1 heterocycles. The highest BCUT2D eigenvalue weighted by molar-refractivity contribution is 8.01. The number of hydrogen-bond donors (Lipinski definition) is 1. The summed E-state index contributed by atoms with van der Waals surface area (Å²) in [4.78, 5) is 12.2. The molecule has 2 aromatic rings. The minimum absolute atomic E-state index is 0.0240. The number of thioether (sulfide) groups is 2. The van der Waals surface area contributed by atoms with E-state index in [-0.39, 0.29) is 11.2 Å². The lowest BCUT2D eigenvalue weighted by Crippen LogP contribution is -2.22. The Morgan fingerprint density at radius 1 is 1.32 bits per heavy atom. The number of hydrogen-bond acceptors (Lipinski definition) is 6. The van der Waals surface area contributed by atoms with E-state index in [2.05, 4.69) is 34.6 Å². The monoisotopic (exact) mass is 353 g/mol. The van der Waals surface area contributed by atoms with Gasteiger partial charge in [-0.15, -0.1) is 22.0 Å². The Kier molecular flexibility index (Phi) is 7.21. The molecule has 1 amide bonds. The number of rotatable bonds is 8. The molecule has 1 aromatic carbocycles. The molecule has 2 rings (SSSR count). The zero-order chi connectivity index (χ0) is 15.8. The second-order valence-electron chi connectivity index (χ2n) is 4.65. The maximum atomic E-state index is 12.2. The van der Waals surface area contributed by atoms with Crippen LogP contribution in [0.25, 0.3) is 0 Å². The lowest BCUT2D eigenvalue weighted by Gasteiger charge is -2.10. The summed E-state index contributed by atoms with van der Waals surface area (Å²) in [5, 5.41) is 11.4. The topological polar surface area (TPSA) is 54.9 Å². The zero-order valence-corrected chi connectivity index (χ0v) is 15.1. The molecule has 1 N–H and O–H groups in total. The summed E-state index contributed by atoms with van der Waals surface area (Å²) in [7, 11) is 0. The molecule has 22 heavy (non-hydrogen) atoms. The molecule has 0 spiro atoms. The first-order chi connectivity index (χ1) is 10.7. The molecule has 0 aliphatic rings. The minimum atomic E-state index is -0.129. The molecule has 0 fully saturated rings. The fraction of sp³-hybridized carbons (Fsp3) is 0.400. The van der Waals surface area contributed by atoms with Crippen molar-refractivity contribution in [1.29, 1.82) is 0 Å². The molecule has 118 valence electrons. The van der Waals surface area contributed by atoms with Gasteiger partial charge in [0.25, 0.3) is 0 Å². The van der Waals surface area contributed by atoms with Gasteiger partial charge in [-0.3, -0.25) is 10.1 Å². The molecule has 4 nitrogen and oxygen atoms in total. The third kappa shape index (κ3) is 5.62. The van der Waals surface area contributed by atoms with Crippen LogP contribution in [0.1, 0.15) is 25.8 Å². The van der Waals surface area contributed by atoms with Crippen LogP contribution >= 0.6 is 34.9 Å². The highest BCUT2D eigenvalue weighted by Gasteiger charge is 2.16.